The first kappa shape index (κ1) is 19.0. The van der Waals surface area contributed by atoms with Gasteiger partial charge in [0.1, 0.15) is 5.75 Å². The van der Waals surface area contributed by atoms with Crippen molar-refractivity contribution in [3.05, 3.63) is 64.2 Å². The summed E-state index contributed by atoms with van der Waals surface area (Å²) in [6.45, 7) is 12.2. The SMILES string of the molecule is CC[C@@H](Oc1ccc(C)c(C)c1)C(=O)N[C@@H](C)c1cc(C)ccc1C. The van der Waals surface area contributed by atoms with Crippen molar-refractivity contribution in [2.24, 2.45) is 0 Å². The van der Waals surface area contributed by atoms with Crippen LogP contribution in [-0.4, -0.2) is 12.0 Å². The van der Waals surface area contributed by atoms with Gasteiger partial charge in [0.15, 0.2) is 6.10 Å². The van der Waals surface area contributed by atoms with Crippen LogP contribution in [0.2, 0.25) is 0 Å². The van der Waals surface area contributed by atoms with Crippen LogP contribution in [0.5, 0.6) is 5.75 Å². The highest BCUT2D eigenvalue weighted by molar-refractivity contribution is 5.81. The molecule has 0 spiro atoms. The van der Waals surface area contributed by atoms with Crippen LogP contribution in [-0.2, 0) is 4.79 Å². The summed E-state index contributed by atoms with van der Waals surface area (Å²) in [6, 6.07) is 12.2. The van der Waals surface area contributed by atoms with Crippen LogP contribution in [0.3, 0.4) is 0 Å². The highest BCUT2D eigenvalue weighted by Gasteiger charge is 2.21. The fourth-order valence-electron chi connectivity index (χ4n) is 2.88. The number of rotatable bonds is 6. The Morgan fingerprint density at radius 2 is 1.68 bits per heavy atom. The number of aryl methyl sites for hydroxylation is 4. The van der Waals surface area contributed by atoms with Gasteiger partial charge in [-0.1, -0.05) is 36.8 Å². The van der Waals surface area contributed by atoms with Crippen LogP contribution in [0.25, 0.3) is 0 Å². The summed E-state index contributed by atoms with van der Waals surface area (Å²) in [5, 5.41) is 3.10. The molecule has 1 N–H and O–H groups in total. The topological polar surface area (TPSA) is 38.3 Å². The average molecular weight is 339 g/mol. The molecule has 0 heterocycles. The number of benzene rings is 2. The summed E-state index contributed by atoms with van der Waals surface area (Å²) >= 11 is 0. The smallest absolute Gasteiger partial charge is 0.261 e. The Hall–Kier alpha value is -2.29. The van der Waals surface area contributed by atoms with E-state index < -0.39 is 6.10 Å². The van der Waals surface area contributed by atoms with Crippen LogP contribution in [0.15, 0.2) is 36.4 Å². The van der Waals surface area contributed by atoms with E-state index >= 15 is 0 Å². The maximum atomic E-state index is 12.7. The Labute approximate surface area is 151 Å². The first-order valence-corrected chi connectivity index (χ1v) is 8.93. The third kappa shape index (κ3) is 4.85. The lowest BCUT2D eigenvalue weighted by atomic mass is 10.00. The van der Waals surface area contributed by atoms with Crippen molar-refractivity contribution >= 4 is 5.91 Å². The van der Waals surface area contributed by atoms with Crippen molar-refractivity contribution in [2.75, 3.05) is 0 Å². The van der Waals surface area contributed by atoms with Crippen LogP contribution >= 0.6 is 0 Å². The third-order valence-corrected chi connectivity index (χ3v) is 4.68. The molecule has 134 valence electrons. The summed E-state index contributed by atoms with van der Waals surface area (Å²) in [5.41, 5.74) is 5.90. The number of carbonyl (C=O) groups is 1. The van der Waals surface area contributed by atoms with E-state index in [0.717, 1.165) is 16.9 Å². The van der Waals surface area contributed by atoms with E-state index in [1.54, 1.807) is 0 Å². The number of hydrogen-bond acceptors (Lipinski definition) is 2. The van der Waals surface area contributed by atoms with Gasteiger partial charge >= 0.3 is 0 Å². The molecule has 0 saturated heterocycles. The molecule has 2 atom stereocenters. The Morgan fingerprint density at radius 1 is 1.00 bits per heavy atom. The third-order valence-electron chi connectivity index (χ3n) is 4.68. The van der Waals surface area contributed by atoms with Crippen molar-refractivity contribution in [1.82, 2.24) is 5.32 Å². The molecule has 1 amide bonds. The Balaban J connectivity index is 2.08. The van der Waals surface area contributed by atoms with Gasteiger partial charge in [0.25, 0.3) is 5.91 Å². The van der Waals surface area contributed by atoms with Gasteiger partial charge in [-0.3, -0.25) is 4.79 Å². The Bertz CT molecular complexity index is 752. The second kappa shape index (κ2) is 8.19. The first-order chi connectivity index (χ1) is 11.8. The number of amides is 1. The van der Waals surface area contributed by atoms with Crippen LogP contribution in [0.4, 0.5) is 0 Å². The second-order valence-electron chi connectivity index (χ2n) is 6.85. The Kier molecular flexibility index (Phi) is 6.24. The predicted molar refractivity (Wildman–Crippen MR) is 103 cm³/mol. The first-order valence-electron chi connectivity index (χ1n) is 8.93. The molecule has 0 unspecified atom stereocenters. The predicted octanol–water partition coefficient (Wildman–Crippen LogP) is 4.96. The van der Waals surface area contributed by atoms with Gasteiger partial charge in [-0.2, -0.15) is 0 Å². The highest BCUT2D eigenvalue weighted by Crippen LogP contribution is 2.21. The lowest BCUT2D eigenvalue weighted by molar-refractivity contribution is -0.128. The standard InChI is InChI=1S/C22H29NO2/c1-7-21(25-19-11-10-15(3)17(5)13-19)22(24)23-18(6)20-12-14(2)8-9-16(20)4/h8-13,18,21H,7H2,1-6H3,(H,23,24)/t18-,21+/m0/s1. The van der Waals surface area contributed by atoms with E-state index in [-0.39, 0.29) is 11.9 Å². The summed E-state index contributed by atoms with van der Waals surface area (Å²) < 4.78 is 5.94. The van der Waals surface area contributed by atoms with Crippen molar-refractivity contribution in [1.29, 1.82) is 0 Å². The zero-order chi connectivity index (χ0) is 18.6. The van der Waals surface area contributed by atoms with E-state index in [1.807, 2.05) is 39.0 Å². The molecule has 3 nitrogen and oxygen atoms in total. The Morgan fingerprint density at radius 3 is 2.32 bits per heavy atom. The van der Waals surface area contributed by atoms with E-state index in [9.17, 15) is 4.79 Å². The molecule has 2 aromatic rings. The van der Waals surface area contributed by atoms with Crippen LogP contribution in [0.1, 0.15) is 54.1 Å². The molecule has 0 fully saturated rings. The molecule has 0 bridgehead atoms. The van der Waals surface area contributed by atoms with Gasteiger partial charge in [-0.05, 0) is 75.4 Å². The van der Waals surface area contributed by atoms with Gasteiger partial charge in [-0.15, -0.1) is 0 Å². The molecular weight excluding hydrogens is 310 g/mol. The molecule has 0 aliphatic carbocycles. The molecule has 0 aliphatic heterocycles. The monoisotopic (exact) mass is 339 g/mol. The molecular formula is C22H29NO2. The van der Waals surface area contributed by atoms with Crippen molar-refractivity contribution < 1.29 is 9.53 Å². The van der Waals surface area contributed by atoms with Gasteiger partial charge in [0, 0.05) is 0 Å². The molecule has 0 aromatic heterocycles. The minimum absolute atomic E-state index is 0.0511. The fraction of sp³-hybridized carbons (Fsp3) is 0.409. The zero-order valence-corrected chi connectivity index (χ0v) is 16.1. The molecule has 0 aliphatic rings. The summed E-state index contributed by atoms with van der Waals surface area (Å²) in [7, 11) is 0. The van der Waals surface area contributed by atoms with E-state index in [1.165, 1.54) is 16.7 Å². The van der Waals surface area contributed by atoms with E-state index in [2.05, 4.69) is 44.3 Å². The largest absolute Gasteiger partial charge is 0.481 e. The van der Waals surface area contributed by atoms with E-state index in [4.69, 9.17) is 4.74 Å². The van der Waals surface area contributed by atoms with Crippen molar-refractivity contribution in [2.45, 2.75) is 60.1 Å². The molecule has 0 radical (unpaired) electrons. The number of ether oxygens (including phenoxy) is 1. The van der Waals surface area contributed by atoms with Crippen LogP contribution in [0, 0.1) is 27.7 Å². The number of carbonyl (C=O) groups excluding carboxylic acids is 1. The molecule has 2 rings (SSSR count). The average Bonchev–Trinajstić information content (AvgIpc) is 2.57. The quantitative estimate of drug-likeness (QED) is 0.808. The fourth-order valence-corrected chi connectivity index (χ4v) is 2.88. The van der Waals surface area contributed by atoms with E-state index in [0.29, 0.717) is 6.42 Å². The lowest BCUT2D eigenvalue weighted by Gasteiger charge is -2.22. The van der Waals surface area contributed by atoms with Crippen molar-refractivity contribution in [3.8, 4) is 5.75 Å². The lowest BCUT2D eigenvalue weighted by Crippen LogP contribution is -2.39. The van der Waals surface area contributed by atoms with Gasteiger partial charge in [0.05, 0.1) is 6.04 Å². The normalized spacial score (nSPS) is 13.2. The second-order valence-corrected chi connectivity index (χ2v) is 6.85. The minimum atomic E-state index is -0.491. The molecule has 25 heavy (non-hydrogen) atoms. The molecule has 0 saturated carbocycles. The van der Waals surface area contributed by atoms with Gasteiger partial charge in [-0.25, -0.2) is 0 Å². The van der Waals surface area contributed by atoms with Crippen molar-refractivity contribution in [3.63, 3.8) is 0 Å². The van der Waals surface area contributed by atoms with Gasteiger partial charge < -0.3 is 10.1 Å². The van der Waals surface area contributed by atoms with Crippen LogP contribution < -0.4 is 10.1 Å². The summed E-state index contributed by atoms with van der Waals surface area (Å²) in [5.74, 6) is 0.665. The molecule has 3 heteroatoms. The minimum Gasteiger partial charge on any atom is -0.481 e. The maximum absolute atomic E-state index is 12.7. The number of hydrogen-bond donors (Lipinski definition) is 1. The molecule has 2 aromatic carbocycles. The number of nitrogens with one attached hydrogen (secondary N) is 1. The zero-order valence-electron chi connectivity index (χ0n) is 16.1. The highest BCUT2D eigenvalue weighted by atomic mass is 16.5. The van der Waals surface area contributed by atoms with Gasteiger partial charge in [0.2, 0.25) is 0 Å². The maximum Gasteiger partial charge on any atom is 0.261 e. The summed E-state index contributed by atoms with van der Waals surface area (Å²) in [4.78, 5) is 12.7. The summed E-state index contributed by atoms with van der Waals surface area (Å²) in [6.07, 6.45) is 0.132.